The van der Waals surface area contributed by atoms with E-state index in [9.17, 15) is 4.79 Å². The quantitative estimate of drug-likeness (QED) is 0.736. The molecule has 0 amide bonds. The van der Waals surface area contributed by atoms with Gasteiger partial charge in [-0.1, -0.05) is 61.0 Å². The molecule has 0 fully saturated rings. The highest BCUT2D eigenvalue weighted by Crippen LogP contribution is 2.30. The Bertz CT molecular complexity index is 520. The van der Waals surface area contributed by atoms with Gasteiger partial charge in [-0.3, -0.25) is 4.79 Å². The van der Waals surface area contributed by atoms with Gasteiger partial charge in [0.2, 0.25) is 0 Å². The van der Waals surface area contributed by atoms with Crippen LogP contribution in [-0.2, 0) is 0 Å². The molecule has 0 heterocycles. The van der Waals surface area contributed by atoms with Gasteiger partial charge in [0, 0.05) is 16.5 Å². The van der Waals surface area contributed by atoms with Crippen molar-refractivity contribution in [2.45, 2.75) is 12.8 Å². The Morgan fingerprint density at radius 3 is 2.41 bits per heavy atom. The Kier molecular flexibility index (Phi) is 3.60. The number of aldehydes is 1. The van der Waals surface area contributed by atoms with Gasteiger partial charge in [-0.25, -0.2) is 0 Å². The fourth-order valence-electron chi connectivity index (χ4n) is 1.89. The molecular formula is C15H13ClO. The highest BCUT2D eigenvalue weighted by molar-refractivity contribution is 6.31. The van der Waals surface area contributed by atoms with E-state index in [1.807, 2.05) is 24.3 Å². The number of hydrogen-bond donors (Lipinski definition) is 0. The molecule has 2 heteroatoms. The van der Waals surface area contributed by atoms with Crippen molar-refractivity contribution in [2.75, 3.05) is 0 Å². The molecule has 0 aliphatic carbocycles. The lowest BCUT2D eigenvalue weighted by Crippen LogP contribution is -1.97. The van der Waals surface area contributed by atoms with Crippen LogP contribution in [0, 0.1) is 0 Å². The number of carbonyl (C=O) groups is 1. The molecule has 0 saturated heterocycles. The zero-order valence-corrected chi connectivity index (χ0v) is 10.3. The standard InChI is InChI=1S/C15H13ClO/c1-11(13-5-3-2-4-6-13)14-8-7-12(10-17)9-15(14)16/h2-11H,1H3/t11-/m0/s1. The Hall–Kier alpha value is -1.60. The number of benzene rings is 2. The second kappa shape index (κ2) is 5.15. The summed E-state index contributed by atoms with van der Waals surface area (Å²) in [6, 6.07) is 15.6. The van der Waals surface area contributed by atoms with Crippen LogP contribution in [0.3, 0.4) is 0 Å². The van der Waals surface area contributed by atoms with Crippen LogP contribution >= 0.6 is 11.6 Å². The second-order valence-corrected chi connectivity index (χ2v) is 4.44. The molecule has 2 aromatic carbocycles. The van der Waals surface area contributed by atoms with E-state index in [-0.39, 0.29) is 5.92 Å². The van der Waals surface area contributed by atoms with Gasteiger partial charge in [0.1, 0.15) is 6.29 Å². The van der Waals surface area contributed by atoms with Gasteiger partial charge < -0.3 is 0 Å². The summed E-state index contributed by atoms with van der Waals surface area (Å²) in [5.74, 6) is 0.226. The Morgan fingerprint density at radius 2 is 1.82 bits per heavy atom. The van der Waals surface area contributed by atoms with Gasteiger partial charge in [0.25, 0.3) is 0 Å². The molecule has 0 aromatic heterocycles. The third-order valence-corrected chi connectivity index (χ3v) is 3.25. The molecule has 0 N–H and O–H groups in total. The first kappa shape index (κ1) is 11.9. The third kappa shape index (κ3) is 2.56. The van der Waals surface area contributed by atoms with Gasteiger partial charge in [-0.05, 0) is 17.2 Å². The maximum absolute atomic E-state index is 10.7. The molecule has 0 aliphatic heterocycles. The van der Waals surface area contributed by atoms with Crippen molar-refractivity contribution in [1.82, 2.24) is 0 Å². The molecule has 0 unspecified atom stereocenters. The van der Waals surface area contributed by atoms with Crippen molar-refractivity contribution in [3.63, 3.8) is 0 Å². The fraction of sp³-hybridized carbons (Fsp3) is 0.133. The second-order valence-electron chi connectivity index (χ2n) is 4.03. The molecule has 1 atom stereocenters. The van der Waals surface area contributed by atoms with Gasteiger partial charge >= 0.3 is 0 Å². The summed E-state index contributed by atoms with van der Waals surface area (Å²) in [7, 11) is 0. The number of halogens is 1. The minimum absolute atomic E-state index is 0.226. The van der Waals surface area contributed by atoms with Crippen molar-refractivity contribution in [1.29, 1.82) is 0 Å². The van der Waals surface area contributed by atoms with Crippen LogP contribution in [-0.4, -0.2) is 6.29 Å². The van der Waals surface area contributed by atoms with Crippen molar-refractivity contribution in [3.8, 4) is 0 Å². The topological polar surface area (TPSA) is 17.1 Å². The zero-order chi connectivity index (χ0) is 12.3. The molecule has 0 spiro atoms. The van der Waals surface area contributed by atoms with E-state index in [1.165, 1.54) is 5.56 Å². The lowest BCUT2D eigenvalue weighted by atomic mass is 9.92. The van der Waals surface area contributed by atoms with Gasteiger partial charge in [-0.15, -0.1) is 0 Å². The summed E-state index contributed by atoms with van der Waals surface area (Å²) >= 11 is 6.19. The van der Waals surface area contributed by atoms with E-state index < -0.39 is 0 Å². The summed E-state index contributed by atoms with van der Waals surface area (Å²) < 4.78 is 0. The molecule has 86 valence electrons. The third-order valence-electron chi connectivity index (χ3n) is 2.93. The van der Waals surface area contributed by atoms with E-state index in [0.29, 0.717) is 10.6 Å². The number of rotatable bonds is 3. The first-order chi connectivity index (χ1) is 8.22. The Labute approximate surface area is 106 Å². The van der Waals surface area contributed by atoms with E-state index in [1.54, 1.807) is 12.1 Å². The maximum atomic E-state index is 10.7. The fourth-order valence-corrected chi connectivity index (χ4v) is 2.24. The predicted molar refractivity (Wildman–Crippen MR) is 70.8 cm³/mol. The van der Waals surface area contributed by atoms with Crippen LogP contribution in [0.4, 0.5) is 0 Å². The van der Waals surface area contributed by atoms with Crippen molar-refractivity contribution in [3.05, 3.63) is 70.2 Å². The van der Waals surface area contributed by atoms with Crippen LogP contribution in [0.25, 0.3) is 0 Å². The zero-order valence-electron chi connectivity index (χ0n) is 9.56. The smallest absolute Gasteiger partial charge is 0.150 e. The highest BCUT2D eigenvalue weighted by atomic mass is 35.5. The summed E-state index contributed by atoms with van der Waals surface area (Å²) in [5, 5.41) is 0.644. The summed E-state index contributed by atoms with van der Waals surface area (Å²) in [6.45, 7) is 2.11. The number of carbonyl (C=O) groups excluding carboxylic acids is 1. The Balaban J connectivity index is 2.38. The minimum Gasteiger partial charge on any atom is -0.298 e. The van der Waals surface area contributed by atoms with Crippen molar-refractivity contribution >= 4 is 17.9 Å². The van der Waals surface area contributed by atoms with Gasteiger partial charge in [0.05, 0.1) is 0 Å². The molecule has 0 radical (unpaired) electrons. The molecule has 17 heavy (non-hydrogen) atoms. The van der Waals surface area contributed by atoms with Crippen LogP contribution in [0.1, 0.15) is 34.3 Å². The van der Waals surface area contributed by atoms with Crippen molar-refractivity contribution in [2.24, 2.45) is 0 Å². The van der Waals surface area contributed by atoms with Crippen LogP contribution in [0.2, 0.25) is 5.02 Å². The van der Waals surface area contributed by atoms with Crippen LogP contribution in [0.15, 0.2) is 48.5 Å². The normalized spacial score (nSPS) is 12.1. The number of hydrogen-bond acceptors (Lipinski definition) is 1. The van der Waals surface area contributed by atoms with Gasteiger partial charge in [0.15, 0.2) is 0 Å². The minimum atomic E-state index is 0.226. The molecule has 2 aromatic rings. The first-order valence-electron chi connectivity index (χ1n) is 5.52. The van der Waals surface area contributed by atoms with E-state index in [4.69, 9.17) is 11.6 Å². The lowest BCUT2D eigenvalue weighted by molar-refractivity contribution is 0.112. The average molecular weight is 245 g/mol. The van der Waals surface area contributed by atoms with Crippen molar-refractivity contribution < 1.29 is 4.79 Å². The maximum Gasteiger partial charge on any atom is 0.150 e. The largest absolute Gasteiger partial charge is 0.298 e. The molecular weight excluding hydrogens is 232 g/mol. The summed E-state index contributed by atoms with van der Waals surface area (Å²) in [6.07, 6.45) is 0.808. The first-order valence-corrected chi connectivity index (χ1v) is 5.89. The van der Waals surface area contributed by atoms with Crippen LogP contribution in [0.5, 0.6) is 0 Å². The molecule has 0 aliphatic rings. The molecule has 0 bridgehead atoms. The SMILES string of the molecule is C[C@@H](c1ccccc1)c1ccc(C=O)cc1Cl. The molecule has 2 rings (SSSR count). The summed E-state index contributed by atoms with van der Waals surface area (Å²) in [5.41, 5.74) is 2.87. The van der Waals surface area contributed by atoms with E-state index in [2.05, 4.69) is 19.1 Å². The van der Waals surface area contributed by atoms with Crippen LogP contribution < -0.4 is 0 Å². The van der Waals surface area contributed by atoms with E-state index >= 15 is 0 Å². The lowest BCUT2D eigenvalue weighted by Gasteiger charge is -2.14. The Morgan fingerprint density at radius 1 is 1.12 bits per heavy atom. The molecule has 1 nitrogen and oxygen atoms in total. The predicted octanol–water partition coefficient (Wildman–Crippen LogP) is 4.30. The van der Waals surface area contributed by atoms with E-state index in [0.717, 1.165) is 11.8 Å². The van der Waals surface area contributed by atoms with Gasteiger partial charge in [-0.2, -0.15) is 0 Å². The average Bonchev–Trinajstić information content (AvgIpc) is 2.39. The molecule has 0 saturated carbocycles. The monoisotopic (exact) mass is 244 g/mol. The summed E-state index contributed by atoms with van der Waals surface area (Å²) in [4.78, 5) is 10.7. The highest BCUT2D eigenvalue weighted by Gasteiger charge is 2.11.